The Bertz CT molecular complexity index is 244. The highest BCUT2D eigenvalue weighted by Gasteiger charge is 2.15. The normalized spacial score (nSPS) is 20.4. The fourth-order valence-corrected chi connectivity index (χ4v) is 2.09. The van der Waals surface area contributed by atoms with Gasteiger partial charge in [-0.2, -0.15) is 0 Å². The van der Waals surface area contributed by atoms with Crippen molar-refractivity contribution in [3.63, 3.8) is 0 Å². The number of nitrogens with zero attached hydrogens (tertiary/aromatic N) is 1. The first-order chi connectivity index (χ1) is 8.24. The highest BCUT2D eigenvalue weighted by molar-refractivity contribution is 5.76. The Balaban J connectivity index is 0.000000181. The van der Waals surface area contributed by atoms with Gasteiger partial charge in [-0.3, -0.25) is 9.59 Å². The number of rotatable bonds is 2. The number of piperidine rings is 2. The molecule has 2 fully saturated rings. The second-order valence-electron chi connectivity index (χ2n) is 4.64. The van der Waals surface area contributed by atoms with Crippen molar-refractivity contribution in [3.8, 4) is 0 Å². The summed E-state index contributed by atoms with van der Waals surface area (Å²) in [5.41, 5.74) is 0. The number of hydrogen-bond donors (Lipinski definition) is 1. The minimum Gasteiger partial charge on any atom is -0.356 e. The molecule has 0 spiro atoms. The lowest BCUT2D eigenvalue weighted by molar-refractivity contribution is -0.133. The predicted octanol–water partition coefficient (Wildman–Crippen LogP) is 1.70. The highest BCUT2D eigenvalue weighted by Crippen LogP contribution is 2.09. The average molecular weight is 240 g/mol. The molecule has 2 saturated heterocycles. The number of carbonyl (C=O) groups is 2. The van der Waals surface area contributed by atoms with Gasteiger partial charge in [0.1, 0.15) is 0 Å². The van der Waals surface area contributed by atoms with Gasteiger partial charge in [0.25, 0.3) is 0 Å². The van der Waals surface area contributed by atoms with Gasteiger partial charge in [-0.15, -0.1) is 0 Å². The zero-order valence-electron chi connectivity index (χ0n) is 10.8. The summed E-state index contributed by atoms with van der Waals surface area (Å²) in [7, 11) is 0. The van der Waals surface area contributed by atoms with Crippen molar-refractivity contribution in [1.82, 2.24) is 10.2 Å². The van der Waals surface area contributed by atoms with E-state index in [1.165, 1.54) is 6.42 Å². The van der Waals surface area contributed by atoms with Crippen LogP contribution in [0.4, 0.5) is 0 Å². The summed E-state index contributed by atoms with van der Waals surface area (Å²) in [6, 6.07) is 0. The van der Waals surface area contributed by atoms with Gasteiger partial charge in [-0.25, -0.2) is 0 Å². The molecule has 0 atom stereocenters. The quantitative estimate of drug-likeness (QED) is 0.798. The Kier molecular flexibility index (Phi) is 6.67. The smallest absolute Gasteiger partial charge is 0.222 e. The lowest BCUT2D eigenvalue weighted by Gasteiger charge is -2.25. The Labute approximate surface area is 104 Å². The van der Waals surface area contributed by atoms with Crippen LogP contribution >= 0.6 is 0 Å². The molecule has 0 aromatic heterocycles. The van der Waals surface area contributed by atoms with E-state index < -0.39 is 0 Å². The molecule has 98 valence electrons. The molecule has 1 N–H and O–H groups in total. The number of amides is 2. The van der Waals surface area contributed by atoms with Crippen LogP contribution in [0.25, 0.3) is 0 Å². The summed E-state index contributed by atoms with van der Waals surface area (Å²) in [5.74, 6) is 0.569. The van der Waals surface area contributed by atoms with Crippen LogP contribution in [-0.2, 0) is 9.59 Å². The monoisotopic (exact) mass is 240 g/mol. The van der Waals surface area contributed by atoms with Crippen LogP contribution in [-0.4, -0.2) is 36.3 Å². The average Bonchev–Trinajstić information content (AvgIpc) is 2.34. The minimum atomic E-state index is 0.214. The maximum atomic E-state index is 11.1. The summed E-state index contributed by atoms with van der Waals surface area (Å²) < 4.78 is 0. The van der Waals surface area contributed by atoms with Gasteiger partial charge in [0, 0.05) is 32.5 Å². The van der Waals surface area contributed by atoms with Crippen molar-refractivity contribution >= 4 is 11.8 Å². The van der Waals surface area contributed by atoms with Crippen LogP contribution in [0.3, 0.4) is 0 Å². The second-order valence-corrected chi connectivity index (χ2v) is 4.64. The maximum Gasteiger partial charge on any atom is 0.222 e. The molecule has 4 heteroatoms. The van der Waals surface area contributed by atoms with Crippen LogP contribution in [0.5, 0.6) is 0 Å². The minimum absolute atomic E-state index is 0.214. The van der Waals surface area contributed by atoms with E-state index in [2.05, 4.69) is 12.2 Å². The van der Waals surface area contributed by atoms with Crippen molar-refractivity contribution < 1.29 is 9.59 Å². The molecule has 2 amide bonds. The highest BCUT2D eigenvalue weighted by atomic mass is 16.2. The Hall–Kier alpha value is -1.06. The van der Waals surface area contributed by atoms with E-state index >= 15 is 0 Å². The molecular formula is C13H24N2O2. The van der Waals surface area contributed by atoms with Crippen molar-refractivity contribution in [2.45, 2.75) is 51.9 Å². The third-order valence-corrected chi connectivity index (χ3v) is 3.07. The Morgan fingerprint density at radius 1 is 1.12 bits per heavy atom. The van der Waals surface area contributed by atoms with Gasteiger partial charge in [0.2, 0.25) is 11.8 Å². The molecule has 0 unspecified atom stereocenters. The van der Waals surface area contributed by atoms with Gasteiger partial charge in [-0.1, -0.05) is 6.92 Å². The summed E-state index contributed by atoms with van der Waals surface area (Å²) in [6.45, 7) is 4.95. The third-order valence-electron chi connectivity index (χ3n) is 3.07. The van der Waals surface area contributed by atoms with Gasteiger partial charge in [-0.05, 0) is 32.1 Å². The van der Waals surface area contributed by atoms with Crippen LogP contribution in [0, 0.1) is 0 Å². The molecule has 2 heterocycles. The molecule has 2 aliphatic heterocycles. The molecule has 17 heavy (non-hydrogen) atoms. The molecule has 4 nitrogen and oxygen atoms in total. The fourth-order valence-electron chi connectivity index (χ4n) is 2.09. The summed E-state index contributed by atoms with van der Waals surface area (Å²) >= 11 is 0. The number of nitrogens with one attached hydrogen (secondary N) is 1. The standard InChI is InChI=1S/C8H15NO.C5H9NO/c1-2-6-9-7-4-3-5-8(9)10;7-5-3-1-2-4-6-5/h2-7H2,1H3;1-4H2,(H,6,7). The molecule has 0 radical (unpaired) electrons. The van der Waals surface area contributed by atoms with Crippen LogP contribution in [0.2, 0.25) is 0 Å². The summed E-state index contributed by atoms with van der Waals surface area (Å²) in [6.07, 6.45) is 7.13. The van der Waals surface area contributed by atoms with E-state index in [0.717, 1.165) is 58.2 Å². The van der Waals surface area contributed by atoms with Crippen molar-refractivity contribution in [1.29, 1.82) is 0 Å². The number of carbonyl (C=O) groups excluding carboxylic acids is 2. The molecule has 0 aromatic carbocycles. The number of likely N-dealkylation sites (tertiary alicyclic amines) is 1. The van der Waals surface area contributed by atoms with Gasteiger partial charge in [0.15, 0.2) is 0 Å². The fraction of sp³-hybridized carbons (Fsp3) is 0.846. The third kappa shape index (κ3) is 5.71. The summed E-state index contributed by atoms with van der Waals surface area (Å²) in [4.78, 5) is 23.4. The molecular weight excluding hydrogens is 216 g/mol. The lowest BCUT2D eigenvalue weighted by Crippen LogP contribution is -2.35. The predicted molar refractivity (Wildman–Crippen MR) is 67.6 cm³/mol. The first kappa shape index (κ1) is 14.0. The van der Waals surface area contributed by atoms with E-state index in [1.807, 2.05) is 4.90 Å². The van der Waals surface area contributed by atoms with E-state index in [-0.39, 0.29) is 5.91 Å². The summed E-state index contributed by atoms with van der Waals surface area (Å²) in [5, 5.41) is 2.74. The molecule has 0 aliphatic carbocycles. The van der Waals surface area contributed by atoms with Crippen LogP contribution in [0.1, 0.15) is 51.9 Å². The number of hydrogen-bond acceptors (Lipinski definition) is 2. The first-order valence-corrected chi connectivity index (χ1v) is 6.78. The van der Waals surface area contributed by atoms with Crippen molar-refractivity contribution in [2.24, 2.45) is 0 Å². The molecule has 0 bridgehead atoms. The topological polar surface area (TPSA) is 49.4 Å². The van der Waals surface area contributed by atoms with E-state index in [9.17, 15) is 9.59 Å². The van der Waals surface area contributed by atoms with Crippen LogP contribution in [0.15, 0.2) is 0 Å². The molecule has 0 saturated carbocycles. The van der Waals surface area contributed by atoms with Gasteiger partial charge < -0.3 is 10.2 Å². The van der Waals surface area contributed by atoms with E-state index in [4.69, 9.17) is 0 Å². The van der Waals surface area contributed by atoms with Gasteiger partial charge in [0.05, 0.1) is 0 Å². The second kappa shape index (κ2) is 8.09. The zero-order chi connectivity index (χ0) is 12.5. The first-order valence-electron chi connectivity index (χ1n) is 6.78. The largest absolute Gasteiger partial charge is 0.356 e. The van der Waals surface area contributed by atoms with E-state index in [1.54, 1.807) is 0 Å². The zero-order valence-corrected chi connectivity index (χ0v) is 10.8. The lowest BCUT2D eigenvalue weighted by atomic mass is 10.1. The van der Waals surface area contributed by atoms with Crippen LogP contribution < -0.4 is 5.32 Å². The molecule has 2 rings (SSSR count). The molecule has 2 aliphatic rings. The van der Waals surface area contributed by atoms with Crippen molar-refractivity contribution in [3.05, 3.63) is 0 Å². The van der Waals surface area contributed by atoms with Crippen molar-refractivity contribution in [2.75, 3.05) is 19.6 Å². The Morgan fingerprint density at radius 2 is 1.88 bits per heavy atom. The maximum absolute atomic E-state index is 11.1. The SMILES string of the molecule is CCCN1CCCCC1=O.O=C1CCCCN1. The van der Waals surface area contributed by atoms with E-state index in [0.29, 0.717) is 5.91 Å². The molecule has 0 aromatic rings. The Morgan fingerprint density at radius 3 is 2.35 bits per heavy atom. The van der Waals surface area contributed by atoms with Gasteiger partial charge >= 0.3 is 0 Å².